The van der Waals surface area contributed by atoms with Crippen LogP contribution in [0.2, 0.25) is 0 Å². The van der Waals surface area contributed by atoms with Gasteiger partial charge in [0.05, 0.1) is 6.61 Å². The summed E-state index contributed by atoms with van der Waals surface area (Å²) in [4.78, 5) is 4.53. The van der Waals surface area contributed by atoms with Gasteiger partial charge in [-0.05, 0) is 37.7 Å². The van der Waals surface area contributed by atoms with Crippen molar-refractivity contribution in [2.75, 3.05) is 6.61 Å². The van der Waals surface area contributed by atoms with Crippen molar-refractivity contribution in [2.45, 2.75) is 51.6 Å². The van der Waals surface area contributed by atoms with Crippen LogP contribution in [-0.4, -0.2) is 17.6 Å². The number of aryl methyl sites for hydroxylation is 1. The molecule has 0 aliphatic heterocycles. The van der Waals surface area contributed by atoms with Crippen LogP contribution in [0.15, 0.2) is 12.1 Å². The smallest absolute Gasteiger partial charge is 0.213 e. The van der Waals surface area contributed by atoms with Gasteiger partial charge in [-0.2, -0.15) is 0 Å². The Bertz CT molecular complexity index is 411. The highest BCUT2D eigenvalue weighted by Crippen LogP contribution is 2.32. The summed E-state index contributed by atoms with van der Waals surface area (Å²) in [7, 11) is 0. The summed E-state index contributed by atoms with van der Waals surface area (Å²) < 4.78 is 5.70. The van der Waals surface area contributed by atoms with Crippen LogP contribution in [0.25, 0.3) is 0 Å². The lowest BCUT2D eigenvalue weighted by atomic mass is 10.2. The van der Waals surface area contributed by atoms with E-state index in [-0.39, 0.29) is 0 Å². The van der Waals surface area contributed by atoms with E-state index in [1.54, 1.807) is 0 Å². The molecule has 0 spiro atoms. The molecule has 2 fully saturated rings. The van der Waals surface area contributed by atoms with E-state index >= 15 is 0 Å². The number of ether oxygens (including phenoxy) is 1. The number of hydrogen-bond donors (Lipinski definition) is 1. The van der Waals surface area contributed by atoms with Crippen molar-refractivity contribution >= 4 is 0 Å². The Kier molecular flexibility index (Phi) is 3.50. The molecular weight excluding hydrogens is 224 g/mol. The Morgan fingerprint density at radius 3 is 2.78 bits per heavy atom. The minimum Gasteiger partial charge on any atom is -0.478 e. The molecule has 3 nitrogen and oxygen atoms in total. The molecule has 3 rings (SSSR count). The highest BCUT2D eigenvalue weighted by Gasteiger charge is 2.21. The van der Waals surface area contributed by atoms with E-state index in [9.17, 15) is 0 Å². The Hall–Kier alpha value is -1.09. The van der Waals surface area contributed by atoms with Crippen LogP contribution < -0.4 is 10.1 Å². The standard InChI is InChI=1S/C15H22N2O/c1-11-13(10-16-14-5-6-14)4-7-15(17-11)18-9-8-12-2-3-12/h4,7,12,14,16H,2-3,5-6,8-10H2,1H3. The van der Waals surface area contributed by atoms with Crippen LogP contribution in [0.1, 0.15) is 43.4 Å². The van der Waals surface area contributed by atoms with E-state index in [1.807, 2.05) is 6.07 Å². The number of nitrogens with zero attached hydrogens (tertiary/aromatic N) is 1. The fraction of sp³-hybridized carbons (Fsp3) is 0.667. The van der Waals surface area contributed by atoms with Crippen molar-refractivity contribution in [2.24, 2.45) is 5.92 Å². The van der Waals surface area contributed by atoms with Crippen molar-refractivity contribution < 1.29 is 4.74 Å². The van der Waals surface area contributed by atoms with Gasteiger partial charge in [-0.1, -0.05) is 18.9 Å². The number of aromatic nitrogens is 1. The van der Waals surface area contributed by atoms with Crippen LogP contribution in [-0.2, 0) is 6.54 Å². The lowest BCUT2D eigenvalue weighted by Gasteiger charge is -2.09. The average Bonchev–Trinajstić information content (AvgIpc) is 3.23. The van der Waals surface area contributed by atoms with Gasteiger partial charge < -0.3 is 10.1 Å². The number of nitrogens with one attached hydrogen (secondary N) is 1. The molecule has 18 heavy (non-hydrogen) atoms. The van der Waals surface area contributed by atoms with E-state index in [1.165, 1.54) is 37.7 Å². The molecule has 0 radical (unpaired) electrons. The van der Waals surface area contributed by atoms with Crippen molar-refractivity contribution in [1.82, 2.24) is 10.3 Å². The Labute approximate surface area is 109 Å². The lowest BCUT2D eigenvalue weighted by molar-refractivity contribution is 0.290. The Morgan fingerprint density at radius 2 is 2.11 bits per heavy atom. The summed E-state index contributed by atoms with van der Waals surface area (Å²) in [5.41, 5.74) is 2.38. The molecule has 0 bridgehead atoms. The number of pyridine rings is 1. The predicted molar refractivity (Wildman–Crippen MR) is 71.7 cm³/mol. The zero-order valence-corrected chi connectivity index (χ0v) is 11.1. The summed E-state index contributed by atoms with van der Waals surface area (Å²) in [6.07, 6.45) is 6.62. The van der Waals surface area contributed by atoms with Crippen LogP contribution in [0, 0.1) is 12.8 Å². The largest absolute Gasteiger partial charge is 0.478 e. The summed E-state index contributed by atoms with van der Waals surface area (Å²) in [6.45, 7) is 3.82. The third kappa shape index (κ3) is 3.45. The highest BCUT2D eigenvalue weighted by molar-refractivity contribution is 5.25. The van der Waals surface area contributed by atoms with Gasteiger partial charge in [0.15, 0.2) is 0 Å². The van der Waals surface area contributed by atoms with E-state index in [0.717, 1.165) is 36.7 Å². The summed E-state index contributed by atoms with van der Waals surface area (Å²) >= 11 is 0. The summed E-state index contributed by atoms with van der Waals surface area (Å²) in [5, 5.41) is 3.52. The van der Waals surface area contributed by atoms with Gasteiger partial charge in [0.1, 0.15) is 0 Å². The third-order valence-corrected chi connectivity index (χ3v) is 3.80. The molecule has 3 heteroatoms. The minimum absolute atomic E-state index is 0.749. The van der Waals surface area contributed by atoms with Crippen LogP contribution in [0.4, 0.5) is 0 Å². The molecular formula is C15H22N2O. The normalized spacial score (nSPS) is 18.9. The molecule has 1 aromatic heterocycles. The van der Waals surface area contributed by atoms with Gasteiger partial charge >= 0.3 is 0 Å². The van der Waals surface area contributed by atoms with Crippen molar-refractivity contribution in [1.29, 1.82) is 0 Å². The van der Waals surface area contributed by atoms with Gasteiger partial charge in [-0.25, -0.2) is 4.98 Å². The number of hydrogen-bond acceptors (Lipinski definition) is 3. The van der Waals surface area contributed by atoms with E-state index in [4.69, 9.17) is 4.74 Å². The molecule has 2 saturated carbocycles. The maximum atomic E-state index is 5.70. The second-order valence-corrected chi connectivity index (χ2v) is 5.63. The summed E-state index contributed by atoms with van der Waals surface area (Å²) in [6, 6.07) is 4.90. The minimum atomic E-state index is 0.749. The first-order chi connectivity index (χ1) is 8.81. The maximum Gasteiger partial charge on any atom is 0.213 e. The Morgan fingerprint density at radius 1 is 1.28 bits per heavy atom. The van der Waals surface area contributed by atoms with E-state index in [2.05, 4.69) is 23.3 Å². The fourth-order valence-corrected chi connectivity index (χ4v) is 2.11. The quantitative estimate of drug-likeness (QED) is 0.803. The van der Waals surface area contributed by atoms with Gasteiger partial charge in [0, 0.05) is 24.3 Å². The molecule has 0 saturated heterocycles. The van der Waals surface area contributed by atoms with E-state index < -0.39 is 0 Å². The second-order valence-electron chi connectivity index (χ2n) is 5.63. The van der Waals surface area contributed by atoms with Crippen LogP contribution in [0.5, 0.6) is 5.88 Å². The first-order valence-electron chi connectivity index (χ1n) is 7.14. The predicted octanol–water partition coefficient (Wildman–Crippen LogP) is 2.82. The molecule has 2 aliphatic rings. The zero-order valence-electron chi connectivity index (χ0n) is 11.1. The molecule has 0 aromatic carbocycles. The molecule has 1 N–H and O–H groups in total. The molecule has 0 unspecified atom stereocenters. The van der Waals surface area contributed by atoms with E-state index in [0.29, 0.717) is 0 Å². The maximum absolute atomic E-state index is 5.70. The van der Waals surface area contributed by atoms with Crippen molar-refractivity contribution in [3.05, 3.63) is 23.4 Å². The number of rotatable bonds is 7. The molecule has 1 aromatic rings. The molecule has 1 heterocycles. The van der Waals surface area contributed by atoms with Gasteiger partial charge in [0.25, 0.3) is 0 Å². The fourth-order valence-electron chi connectivity index (χ4n) is 2.11. The second kappa shape index (κ2) is 5.27. The molecule has 0 atom stereocenters. The van der Waals surface area contributed by atoms with Crippen LogP contribution in [0.3, 0.4) is 0 Å². The average molecular weight is 246 g/mol. The molecule has 2 aliphatic carbocycles. The summed E-state index contributed by atoms with van der Waals surface area (Å²) in [5.74, 6) is 1.71. The molecule has 98 valence electrons. The first-order valence-corrected chi connectivity index (χ1v) is 7.14. The molecule has 0 amide bonds. The van der Waals surface area contributed by atoms with Gasteiger partial charge in [-0.15, -0.1) is 0 Å². The Balaban J connectivity index is 1.49. The third-order valence-electron chi connectivity index (χ3n) is 3.80. The topological polar surface area (TPSA) is 34.1 Å². The van der Waals surface area contributed by atoms with Gasteiger partial charge in [-0.3, -0.25) is 0 Å². The van der Waals surface area contributed by atoms with Gasteiger partial charge in [0.2, 0.25) is 5.88 Å². The SMILES string of the molecule is Cc1nc(OCCC2CC2)ccc1CNC1CC1. The first kappa shape index (κ1) is 12.0. The van der Waals surface area contributed by atoms with Crippen LogP contribution >= 0.6 is 0 Å². The zero-order chi connectivity index (χ0) is 12.4. The van der Waals surface area contributed by atoms with Crippen molar-refractivity contribution in [3.63, 3.8) is 0 Å². The lowest BCUT2D eigenvalue weighted by Crippen LogP contribution is -2.16. The highest BCUT2D eigenvalue weighted by atomic mass is 16.5. The monoisotopic (exact) mass is 246 g/mol. The van der Waals surface area contributed by atoms with Crippen molar-refractivity contribution in [3.8, 4) is 5.88 Å².